The van der Waals surface area contributed by atoms with Crippen molar-refractivity contribution in [2.75, 3.05) is 6.54 Å². The molecule has 0 aromatic heterocycles. The van der Waals surface area contributed by atoms with Gasteiger partial charge >= 0.3 is 0 Å². The van der Waals surface area contributed by atoms with Gasteiger partial charge in [-0.05, 0) is 16.9 Å². The van der Waals surface area contributed by atoms with E-state index in [0.29, 0.717) is 0 Å². The third kappa shape index (κ3) is 1.81. The molecule has 2 nitrogen and oxygen atoms in total. The smallest absolute Gasteiger partial charge is 0.117 e. The molecule has 1 atom stereocenters. The van der Waals surface area contributed by atoms with Crippen LogP contribution in [0.25, 0.3) is 0 Å². The highest BCUT2D eigenvalue weighted by molar-refractivity contribution is 8.16. The molecule has 0 N–H and O–H groups in total. The molecule has 62 valence electrons. The van der Waals surface area contributed by atoms with E-state index in [4.69, 9.17) is 0 Å². The Morgan fingerprint density at radius 2 is 2.42 bits per heavy atom. The summed E-state index contributed by atoms with van der Waals surface area (Å²) in [6.45, 7) is 0.801. The van der Waals surface area contributed by atoms with Crippen LogP contribution >= 0.6 is 23.5 Å². The van der Waals surface area contributed by atoms with Gasteiger partial charge in [0.15, 0.2) is 0 Å². The lowest BCUT2D eigenvalue weighted by Gasteiger charge is -2.13. The monoisotopic (exact) mass is 196 g/mol. The van der Waals surface area contributed by atoms with E-state index in [-0.39, 0.29) is 6.04 Å². The third-order valence-corrected chi connectivity index (χ3v) is 3.01. The molecule has 0 radical (unpaired) electrons. The van der Waals surface area contributed by atoms with Crippen LogP contribution in [0.4, 0.5) is 0 Å². The molecular formula is C8H8N2S2. The largest absolute Gasteiger partial charge is 0.276 e. The maximum atomic E-state index is 4.37. The van der Waals surface area contributed by atoms with E-state index in [1.54, 1.807) is 23.5 Å². The predicted octanol–water partition coefficient (Wildman–Crippen LogP) is 2.30. The summed E-state index contributed by atoms with van der Waals surface area (Å²) in [7, 11) is 0. The van der Waals surface area contributed by atoms with Crippen LogP contribution in [0.15, 0.2) is 33.0 Å². The van der Waals surface area contributed by atoms with Gasteiger partial charge in [0.1, 0.15) is 11.1 Å². The van der Waals surface area contributed by atoms with Gasteiger partial charge < -0.3 is 0 Å². The number of hydrogen-bond donors (Lipinski definition) is 0. The number of nitrogens with zero attached hydrogens (tertiary/aromatic N) is 2. The topological polar surface area (TPSA) is 24.7 Å². The Labute approximate surface area is 79.9 Å². The van der Waals surface area contributed by atoms with Crippen molar-refractivity contribution in [3.63, 3.8) is 0 Å². The summed E-state index contributed by atoms with van der Waals surface area (Å²) in [5.41, 5.74) is 1.87. The minimum atomic E-state index is 0.168. The molecule has 0 bridgehead atoms. The summed E-state index contributed by atoms with van der Waals surface area (Å²) in [5.74, 6) is 0. The van der Waals surface area contributed by atoms with Crippen molar-refractivity contribution in [2.24, 2.45) is 9.98 Å². The van der Waals surface area contributed by atoms with Crippen LogP contribution in [0.2, 0.25) is 0 Å². The second kappa shape index (κ2) is 3.96. The van der Waals surface area contributed by atoms with E-state index in [1.807, 2.05) is 5.55 Å². The van der Waals surface area contributed by atoms with Gasteiger partial charge in [-0.1, -0.05) is 29.6 Å². The van der Waals surface area contributed by atoms with Gasteiger partial charge in [0.25, 0.3) is 0 Å². The lowest BCUT2D eigenvalue weighted by Crippen LogP contribution is -2.15. The number of hydrogen-bond acceptors (Lipinski definition) is 4. The Balaban J connectivity index is 2.08. The molecule has 2 rings (SSSR count). The van der Waals surface area contributed by atoms with Crippen molar-refractivity contribution in [2.45, 2.75) is 6.04 Å². The maximum absolute atomic E-state index is 4.37. The Bertz CT molecular complexity index is 267. The Hall–Kier alpha value is -0.480. The summed E-state index contributed by atoms with van der Waals surface area (Å²) in [5, 5.41) is 5.23. The van der Waals surface area contributed by atoms with Crippen molar-refractivity contribution in [3.8, 4) is 0 Å². The van der Waals surface area contributed by atoms with Crippen LogP contribution in [0.3, 0.4) is 0 Å². The minimum Gasteiger partial charge on any atom is -0.276 e. The first-order chi connectivity index (χ1) is 5.97. The van der Waals surface area contributed by atoms with Crippen LogP contribution in [0.5, 0.6) is 0 Å². The molecule has 0 saturated heterocycles. The van der Waals surface area contributed by atoms with Crippen molar-refractivity contribution >= 4 is 34.1 Å². The first-order valence-electron chi connectivity index (χ1n) is 3.66. The third-order valence-electron chi connectivity index (χ3n) is 1.51. The van der Waals surface area contributed by atoms with Gasteiger partial charge in [-0.25, -0.2) is 0 Å². The van der Waals surface area contributed by atoms with Gasteiger partial charge in [-0.3, -0.25) is 9.98 Å². The normalized spacial score (nSPS) is 27.3. The fourth-order valence-corrected chi connectivity index (χ4v) is 2.22. The molecule has 0 aliphatic carbocycles. The van der Waals surface area contributed by atoms with Crippen molar-refractivity contribution in [1.82, 2.24) is 0 Å². The molecule has 2 aliphatic heterocycles. The lowest BCUT2D eigenvalue weighted by atomic mass is 10.3. The molecular weight excluding hydrogens is 188 g/mol. The van der Waals surface area contributed by atoms with Crippen LogP contribution in [-0.4, -0.2) is 23.2 Å². The zero-order chi connectivity index (χ0) is 8.23. The highest BCUT2D eigenvalue weighted by Gasteiger charge is 2.13. The summed E-state index contributed by atoms with van der Waals surface area (Å²) >= 11 is 3.27. The SMILES string of the molecule is C1=CSC(C2C=CSC=N2)=NC1. The quantitative estimate of drug-likeness (QED) is 0.643. The van der Waals surface area contributed by atoms with Gasteiger partial charge in [0.05, 0.1) is 12.1 Å². The molecule has 0 fully saturated rings. The van der Waals surface area contributed by atoms with E-state index in [9.17, 15) is 0 Å². The van der Waals surface area contributed by atoms with Gasteiger partial charge in [0.2, 0.25) is 0 Å². The highest BCUT2D eigenvalue weighted by atomic mass is 32.2. The van der Waals surface area contributed by atoms with Crippen LogP contribution in [-0.2, 0) is 0 Å². The van der Waals surface area contributed by atoms with E-state index >= 15 is 0 Å². The summed E-state index contributed by atoms with van der Waals surface area (Å²) in [6, 6.07) is 0.168. The zero-order valence-corrected chi connectivity index (χ0v) is 8.02. The number of thioether (sulfide) groups is 2. The second-order valence-electron chi connectivity index (χ2n) is 2.33. The van der Waals surface area contributed by atoms with Gasteiger partial charge in [0, 0.05) is 0 Å². The van der Waals surface area contributed by atoms with Gasteiger partial charge in [-0.2, -0.15) is 0 Å². The van der Waals surface area contributed by atoms with E-state index in [0.717, 1.165) is 11.6 Å². The van der Waals surface area contributed by atoms with Crippen molar-refractivity contribution in [1.29, 1.82) is 0 Å². The predicted molar refractivity (Wildman–Crippen MR) is 58.0 cm³/mol. The molecule has 0 aromatic rings. The van der Waals surface area contributed by atoms with E-state index in [1.165, 1.54) is 0 Å². The molecule has 12 heavy (non-hydrogen) atoms. The average Bonchev–Trinajstić information content (AvgIpc) is 2.21. The number of rotatable bonds is 1. The maximum Gasteiger partial charge on any atom is 0.117 e. The second-order valence-corrected chi connectivity index (χ2v) is 4.01. The minimum absolute atomic E-state index is 0.168. The van der Waals surface area contributed by atoms with Crippen molar-refractivity contribution in [3.05, 3.63) is 23.0 Å². The van der Waals surface area contributed by atoms with E-state index < -0.39 is 0 Å². The lowest BCUT2D eigenvalue weighted by molar-refractivity contribution is 1.08. The van der Waals surface area contributed by atoms with Crippen molar-refractivity contribution < 1.29 is 0 Å². The molecule has 4 heteroatoms. The zero-order valence-electron chi connectivity index (χ0n) is 6.38. The first kappa shape index (κ1) is 8.13. The molecule has 0 aromatic carbocycles. The Kier molecular flexibility index (Phi) is 2.68. The molecule has 0 amide bonds. The standard InChI is InChI=1S/C8H8N2S2/c1-3-9-8(12-4-1)7-2-5-11-6-10-7/h1-2,4-7H,3H2. The first-order valence-corrected chi connectivity index (χ1v) is 5.49. The summed E-state index contributed by atoms with van der Waals surface area (Å²) < 4.78 is 0. The molecule has 1 unspecified atom stereocenters. The van der Waals surface area contributed by atoms with E-state index in [2.05, 4.69) is 33.0 Å². The van der Waals surface area contributed by atoms with Gasteiger partial charge in [-0.15, -0.1) is 0 Å². The summed E-state index contributed by atoms with van der Waals surface area (Å²) in [4.78, 5) is 8.69. The van der Waals surface area contributed by atoms with Crippen LogP contribution in [0.1, 0.15) is 0 Å². The molecule has 2 aliphatic rings. The Morgan fingerprint density at radius 1 is 1.42 bits per heavy atom. The Morgan fingerprint density at radius 3 is 3.08 bits per heavy atom. The summed E-state index contributed by atoms with van der Waals surface area (Å²) in [6.07, 6.45) is 4.13. The van der Waals surface area contributed by atoms with Crippen LogP contribution in [0, 0.1) is 0 Å². The van der Waals surface area contributed by atoms with Crippen LogP contribution < -0.4 is 0 Å². The number of aliphatic imine (C=N–C) groups is 2. The fraction of sp³-hybridized carbons (Fsp3) is 0.250. The average molecular weight is 196 g/mol. The molecule has 2 heterocycles. The molecule has 0 spiro atoms. The highest BCUT2D eigenvalue weighted by Crippen LogP contribution is 2.20. The molecule has 0 saturated carbocycles. The fourth-order valence-electron chi connectivity index (χ4n) is 0.955.